The lowest BCUT2D eigenvalue weighted by Gasteiger charge is -2.14. The van der Waals surface area contributed by atoms with Gasteiger partial charge in [-0.2, -0.15) is 0 Å². The Hall–Kier alpha value is -2.00. The molecule has 0 saturated heterocycles. The van der Waals surface area contributed by atoms with E-state index >= 15 is 0 Å². The molecule has 0 heterocycles. The Morgan fingerprint density at radius 3 is 2.09 bits per heavy atom. The third-order valence-corrected chi connectivity index (χ3v) is 6.06. The zero-order valence-corrected chi connectivity index (χ0v) is 20.5. The fourth-order valence-electron chi connectivity index (χ4n) is 4.09. The quantitative estimate of drug-likeness (QED) is 0.230. The van der Waals surface area contributed by atoms with Gasteiger partial charge in [0.25, 0.3) is 0 Å². The van der Waals surface area contributed by atoms with Gasteiger partial charge in [0.1, 0.15) is 5.75 Å². The van der Waals surface area contributed by atoms with Gasteiger partial charge in [-0.25, -0.2) is 0 Å². The van der Waals surface area contributed by atoms with Crippen molar-refractivity contribution in [1.29, 1.82) is 0 Å². The number of anilines is 1. The second-order valence-electron chi connectivity index (χ2n) is 9.06. The van der Waals surface area contributed by atoms with Crippen molar-refractivity contribution in [1.82, 2.24) is 0 Å². The van der Waals surface area contributed by atoms with Gasteiger partial charge in [-0.1, -0.05) is 107 Å². The standard InChI is InChI=1S/C29H45NO2/c1-3-4-5-6-7-8-9-10-11-12-13-14-20-32-29-19-18-25(2)21-27(29)23-30-28-17-15-16-26(22-28)24-31/h15-19,21-22,30-31H,3-14,20,23-24H2,1-2H3. The van der Waals surface area contributed by atoms with E-state index in [4.69, 9.17) is 4.74 Å². The summed E-state index contributed by atoms with van der Waals surface area (Å²) in [7, 11) is 0. The van der Waals surface area contributed by atoms with Crippen molar-refractivity contribution in [3.8, 4) is 5.75 Å². The van der Waals surface area contributed by atoms with Crippen LogP contribution in [-0.4, -0.2) is 11.7 Å². The molecule has 0 spiro atoms. The summed E-state index contributed by atoms with van der Waals surface area (Å²) in [6.07, 6.45) is 16.3. The van der Waals surface area contributed by atoms with Crippen LogP contribution in [0, 0.1) is 6.92 Å². The lowest BCUT2D eigenvalue weighted by Crippen LogP contribution is -2.05. The molecule has 0 aromatic heterocycles. The molecule has 0 aliphatic heterocycles. The zero-order chi connectivity index (χ0) is 22.9. The Labute approximate surface area is 196 Å². The smallest absolute Gasteiger partial charge is 0.124 e. The maximum atomic E-state index is 9.33. The Morgan fingerprint density at radius 2 is 1.44 bits per heavy atom. The molecule has 0 radical (unpaired) electrons. The van der Waals surface area contributed by atoms with Gasteiger partial charge in [0.2, 0.25) is 0 Å². The summed E-state index contributed by atoms with van der Waals surface area (Å²) >= 11 is 0. The van der Waals surface area contributed by atoms with Crippen molar-refractivity contribution in [2.75, 3.05) is 11.9 Å². The third kappa shape index (κ3) is 11.0. The average Bonchev–Trinajstić information content (AvgIpc) is 2.82. The number of aryl methyl sites for hydroxylation is 1. The number of benzene rings is 2. The monoisotopic (exact) mass is 439 g/mol. The minimum Gasteiger partial charge on any atom is -0.493 e. The summed E-state index contributed by atoms with van der Waals surface area (Å²) in [5, 5.41) is 12.8. The molecule has 0 atom stereocenters. The van der Waals surface area contributed by atoms with Gasteiger partial charge in [0, 0.05) is 17.8 Å². The third-order valence-electron chi connectivity index (χ3n) is 6.06. The Bertz CT molecular complexity index is 744. The van der Waals surface area contributed by atoms with E-state index in [1.54, 1.807) is 0 Å². The fourth-order valence-corrected chi connectivity index (χ4v) is 4.09. The average molecular weight is 440 g/mol. The molecule has 0 fully saturated rings. The first-order valence-corrected chi connectivity index (χ1v) is 12.9. The van der Waals surface area contributed by atoms with Crippen molar-refractivity contribution < 1.29 is 9.84 Å². The normalized spacial score (nSPS) is 11.0. The van der Waals surface area contributed by atoms with E-state index in [-0.39, 0.29) is 6.61 Å². The first-order chi connectivity index (χ1) is 15.7. The van der Waals surface area contributed by atoms with Crippen LogP contribution in [0.3, 0.4) is 0 Å². The highest BCUT2D eigenvalue weighted by atomic mass is 16.5. The molecule has 3 nitrogen and oxygen atoms in total. The van der Waals surface area contributed by atoms with E-state index in [1.807, 2.05) is 24.3 Å². The second-order valence-corrected chi connectivity index (χ2v) is 9.06. The molecule has 32 heavy (non-hydrogen) atoms. The topological polar surface area (TPSA) is 41.5 Å². The number of rotatable bonds is 18. The van der Waals surface area contributed by atoms with Crippen molar-refractivity contribution >= 4 is 5.69 Å². The molecule has 2 aromatic carbocycles. The number of unbranched alkanes of at least 4 members (excludes halogenated alkanes) is 11. The SMILES string of the molecule is CCCCCCCCCCCCCCOc1ccc(C)cc1CNc1cccc(CO)c1. The van der Waals surface area contributed by atoms with Crippen LogP contribution in [0.25, 0.3) is 0 Å². The first-order valence-electron chi connectivity index (χ1n) is 12.9. The number of nitrogens with one attached hydrogen (secondary N) is 1. The Balaban J connectivity index is 1.61. The molecule has 2 aromatic rings. The van der Waals surface area contributed by atoms with Crippen LogP contribution in [0.2, 0.25) is 0 Å². The predicted octanol–water partition coefficient (Wildman–Crippen LogP) is 8.18. The van der Waals surface area contributed by atoms with Gasteiger partial charge in [0.05, 0.1) is 13.2 Å². The molecule has 178 valence electrons. The van der Waals surface area contributed by atoms with E-state index in [0.29, 0.717) is 6.54 Å². The highest BCUT2D eigenvalue weighted by Gasteiger charge is 2.05. The summed E-state index contributed by atoms with van der Waals surface area (Å²) in [5.41, 5.74) is 4.36. The molecule has 0 aliphatic rings. The predicted molar refractivity (Wildman–Crippen MR) is 137 cm³/mol. The van der Waals surface area contributed by atoms with Crippen LogP contribution in [0.15, 0.2) is 42.5 Å². The Kier molecular flexibility index (Phi) is 13.6. The number of hydrogen-bond acceptors (Lipinski definition) is 3. The highest BCUT2D eigenvalue weighted by Crippen LogP contribution is 2.22. The highest BCUT2D eigenvalue weighted by molar-refractivity contribution is 5.47. The molecule has 2 rings (SSSR count). The van der Waals surface area contributed by atoms with Gasteiger partial charge < -0.3 is 15.2 Å². The number of ether oxygens (including phenoxy) is 1. The van der Waals surface area contributed by atoms with Gasteiger partial charge >= 0.3 is 0 Å². The van der Waals surface area contributed by atoms with Crippen LogP contribution < -0.4 is 10.1 Å². The van der Waals surface area contributed by atoms with E-state index in [9.17, 15) is 5.11 Å². The minimum absolute atomic E-state index is 0.0629. The summed E-state index contributed by atoms with van der Waals surface area (Å²) in [6.45, 7) is 5.96. The lowest BCUT2D eigenvalue weighted by molar-refractivity contribution is 0.282. The van der Waals surface area contributed by atoms with E-state index in [2.05, 4.69) is 37.4 Å². The van der Waals surface area contributed by atoms with Gasteiger partial charge in [-0.05, 0) is 37.1 Å². The summed E-state index contributed by atoms with van der Waals surface area (Å²) in [4.78, 5) is 0. The van der Waals surface area contributed by atoms with Gasteiger partial charge in [0.15, 0.2) is 0 Å². The molecule has 2 N–H and O–H groups in total. The Morgan fingerprint density at radius 1 is 0.781 bits per heavy atom. The van der Waals surface area contributed by atoms with Crippen LogP contribution in [0.5, 0.6) is 5.75 Å². The second kappa shape index (κ2) is 16.6. The van der Waals surface area contributed by atoms with Crippen LogP contribution in [0.1, 0.15) is 101 Å². The molecule has 3 heteroatoms. The summed E-state index contributed by atoms with van der Waals surface area (Å²) < 4.78 is 6.14. The summed E-state index contributed by atoms with van der Waals surface area (Å²) in [5.74, 6) is 0.976. The van der Waals surface area contributed by atoms with Crippen LogP contribution in [-0.2, 0) is 13.2 Å². The van der Waals surface area contributed by atoms with E-state index < -0.39 is 0 Å². The largest absolute Gasteiger partial charge is 0.493 e. The number of hydrogen-bond donors (Lipinski definition) is 2. The lowest BCUT2D eigenvalue weighted by atomic mass is 10.1. The van der Waals surface area contributed by atoms with Crippen molar-refractivity contribution in [3.05, 3.63) is 59.2 Å². The van der Waals surface area contributed by atoms with Gasteiger partial charge in [-0.15, -0.1) is 0 Å². The summed E-state index contributed by atoms with van der Waals surface area (Å²) in [6, 6.07) is 14.3. The zero-order valence-electron chi connectivity index (χ0n) is 20.5. The molecular weight excluding hydrogens is 394 g/mol. The molecule has 0 saturated carbocycles. The first kappa shape index (κ1) is 26.3. The molecule has 0 unspecified atom stereocenters. The van der Waals surface area contributed by atoms with Crippen LogP contribution >= 0.6 is 0 Å². The molecule has 0 aliphatic carbocycles. The maximum absolute atomic E-state index is 9.33. The van der Waals surface area contributed by atoms with E-state index in [0.717, 1.165) is 30.0 Å². The van der Waals surface area contributed by atoms with Crippen LogP contribution in [0.4, 0.5) is 5.69 Å². The molecular formula is C29H45NO2. The maximum Gasteiger partial charge on any atom is 0.124 e. The molecule has 0 bridgehead atoms. The van der Waals surface area contributed by atoms with E-state index in [1.165, 1.54) is 81.8 Å². The van der Waals surface area contributed by atoms with Crippen molar-refractivity contribution in [3.63, 3.8) is 0 Å². The van der Waals surface area contributed by atoms with Crippen molar-refractivity contribution in [2.24, 2.45) is 0 Å². The van der Waals surface area contributed by atoms with Gasteiger partial charge in [-0.3, -0.25) is 0 Å². The molecule has 0 amide bonds. The van der Waals surface area contributed by atoms with Crippen molar-refractivity contribution in [2.45, 2.75) is 104 Å². The number of aliphatic hydroxyl groups excluding tert-OH is 1. The fraction of sp³-hybridized carbons (Fsp3) is 0.586. The minimum atomic E-state index is 0.0629. The number of aliphatic hydroxyl groups is 1.